The number of ether oxygens (including phenoxy) is 2. The molecule has 2 aromatic rings. The van der Waals surface area contributed by atoms with Crippen molar-refractivity contribution in [3.63, 3.8) is 0 Å². The number of halogens is 3. The summed E-state index contributed by atoms with van der Waals surface area (Å²) < 4.78 is 45.8. The van der Waals surface area contributed by atoms with E-state index in [1.165, 1.54) is 42.3 Å². The average Bonchev–Trinajstić information content (AvgIpc) is 2.65. The topological polar surface area (TPSA) is 55.8 Å². The Morgan fingerprint density at radius 1 is 1.07 bits per heavy atom. The number of carbonyl (C=O) groups is 2. The van der Waals surface area contributed by atoms with Crippen molar-refractivity contribution in [2.45, 2.75) is 19.2 Å². The lowest BCUT2D eigenvalue weighted by molar-refractivity contribution is -0.274. The van der Waals surface area contributed by atoms with E-state index in [0.717, 1.165) is 0 Å². The van der Waals surface area contributed by atoms with Gasteiger partial charge in [-0.05, 0) is 54.8 Å². The zero-order chi connectivity index (χ0) is 19.6. The minimum absolute atomic E-state index is 0.245. The van der Waals surface area contributed by atoms with Gasteiger partial charge in [-0.15, -0.1) is 13.2 Å². The molecule has 0 aliphatic carbocycles. The van der Waals surface area contributed by atoms with Crippen LogP contribution in [0.3, 0.4) is 0 Å². The van der Waals surface area contributed by atoms with E-state index in [9.17, 15) is 22.8 Å². The van der Waals surface area contributed by atoms with Crippen LogP contribution in [0.2, 0.25) is 0 Å². The number of anilines is 1. The third-order valence-corrected chi connectivity index (χ3v) is 4.18. The summed E-state index contributed by atoms with van der Waals surface area (Å²) in [6.45, 7) is 0.424. The Morgan fingerprint density at radius 2 is 1.81 bits per heavy atom. The molecule has 0 fully saturated rings. The van der Waals surface area contributed by atoms with Crippen molar-refractivity contribution >= 4 is 17.6 Å². The third-order valence-electron chi connectivity index (χ3n) is 4.18. The summed E-state index contributed by atoms with van der Waals surface area (Å²) >= 11 is 0. The molecular weight excluding hydrogens is 363 g/mol. The lowest BCUT2D eigenvalue weighted by atomic mass is 10.00. The minimum Gasteiger partial charge on any atom is -0.465 e. The van der Waals surface area contributed by atoms with Gasteiger partial charge in [-0.25, -0.2) is 4.79 Å². The van der Waals surface area contributed by atoms with Crippen LogP contribution in [-0.2, 0) is 11.2 Å². The van der Waals surface area contributed by atoms with E-state index in [2.05, 4.69) is 9.47 Å². The molecule has 0 saturated heterocycles. The van der Waals surface area contributed by atoms with E-state index < -0.39 is 12.3 Å². The number of methoxy groups -OCH3 is 1. The summed E-state index contributed by atoms with van der Waals surface area (Å²) in [6.07, 6.45) is -3.63. The van der Waals surface area contributed by atoms with Crippen molar-refractivity contribution in [2.75, 3.05) is 18.6 Å². The van der Waals surface area contributed by atoms with Crippen molar-refractivity contribution in [3.8, 4) is 5.75 Å². The molecule has 0 saturated carbocycles. The standard InChI is InChI=1S/C19H16F3NO4/c1-26-18(25)14-5-2-4-13(10-14)17(24)23-9-3-6-12-11-15(7-8-16(12)23)27-19(20,21)22/h2,4-5,7-8,10-11H,3,6,9H2,1H3. The Balaban J connectivity index is 1.89. The summed E-state index contributed by atoms with van der Waals surface area (Å²) in [5.41, 5.74) is 1.67. The van der Waals surface area contributed by atoms with Gasteiger partial charge in [0.2, 0.25) is 0 Å². The highest BCUT2D eigenvalue weighted by molar-refractivity contribution is 6.07. The fourth-order valence-corrected chi connectivity index (χ4v) is 3.03. The van der Waals surface area contributed by atoms with Crippen LogP contribution >= 0.6 is 0 Å². The van der Waals surface area contributed by atoms with Gasteiger partial charge in [-0.3, -0.25) is 4.79 Å². The number of alkyl halides is 3. The highest BCUT2D eigenvalue weighted by Gasteiger charge is 2.32. The van der Waals surface area contributed by atoms with Crippen LogP contribution in [0.15, 0.2) is 42.5 Å². The maximum absolute atomic E-state index is 12.9. The van der Waals surface area contributed by atoms with Crippen molar-refractivity contribution < 1.29 is 32.2 Å². The molecule has 0 unspecified atom stereocenters. The molecule has 2 aromatic carbocycles. The van der Waals surface area contributed by atoms with Crippen LogP contribution < -0.4 is 9.64 Å². The largest absolute Gasteiger partial charge is 0.573 e. The van der Waals surface area contributed by atoms with Crippen molar-refractivity contribution in [1.82, 2.24) is 0 Å². The maximum atomic E-state index is 12.9. The van der Waals surface area contributed by atoms with Gasteiger partial charge in [0.15, 0.2) is 0 Å². The predicted octanol–water partition coefficient (Wildman–Crippen LogP) is 3.96. The first kappa shape index (κ1) is 18.8. The highest BCUT2D eigenvalue weighted by atomic mass is 19.4. The lowest BCUT2D eigenvalue weighted by Gasteiger charge is -2.30. The molecule has 3 rings (SSSR count). The van der Waals surface area contributed by atoms with Gasteiger partial charge in [-0.2, -0.15) is 0 Å². The summed E-state index contributed by atoms with van der Waals surface area (Å²) in [5, 5.41) is 0. The highest BCUT2D eigenvalue weighted by Crippen LogP contribution is 2.33. The number of hydrogen-bond acceptors (Lipinski definition) is 4. The molecule has 0 spiro atoms. The van der Waals surface area contributed by atoms with Crippen LogP contribution in [0.1, 0.15) is 32.7 Å². The monoisotopic (exact) mass is 379 g/mol. The molecule has 1 amide bonds. The third kappa shape index (κ3) is 4.21. The van der Waals surface area contributed by atoms with Crippen molar-refractivity contribution in [3.05, 3.63) is 59.2 Å². The Morgan fingerprint density at radius 3 is 2.52 bits per heavy atom. The molecule has 8 heteroatoms. The Bertz CT molecular complexity index is 879. The van der Waals surface area contributed by atoms with Crippen molar-refractivity contribution in [2.24, 2.45) is 0 Å². The molecule has 1 aliphatic heterocycles. The zero-order valence-electron chi connectivity index (χ0n) is 14.4. The second-order valence-electron chi connectivity index (χ2n) is 5.97. The summed E-state index contributed by atoms with van der Waals surface area (Å²) in [6, 6.07) is 10.0. The van der Waals surface area contributed by atoms with Gasteiger partial charge in [0.05, 0.1) is 12.7 Å². The first-order chi connectivity index (χ1) is 12.8. The van der Waals surface area contributed by atoms with Gasteiger partial charge in [0.1, 0.15) is 5.75 Å². The van der Waals surface area contributed by atoms with Crippen LogP contribution in [0, 0.1) is 0 Å². The Labute approximate surface area is 153 Å². The van der Waals surface area contributed by atoms with Gasteiger partial charge in [0.25, 0.3) is 5.91 Å². The zero-order valence-corrected chi connectivity index (χ0v) is 14.4. The number of amides is 1. The molecule has 0 radical (unpaired) electrons. The number of aryl methyl sites for hydroxylation is 1. The molecule has 27 heavy (non-hydrogen) atoms. The molecule has 0 aromatic heterocycles. The Hall–Kier alpha value is -3.03. The fraction of sp³-hybridized carbons (Fsp3) is 0.263. The summed E-state index contributed by atoms with van der Waals surface area (Å²) in [7, 11) is 1.25. The van der Waals surface area contributed by atoms with Gasteiger partial charge in [-0.1, -0.05) is 6.07 Å². The van der Waals surface area contributed by atoms with E-state index >= 15 is 0 Å². The summed E-state index contributed by atoms with van der Waals surface area (Å²) in [5.74, 6) is -1.22. The van der Waals surface area contributed by atoms with E-state index in [4.69, 9.17) is 0 Å². The second kappa shape index (κ2) is 7.30. The van der Waals surface area contributed by atoms with E-state index in [1.807, 2.05) is 0 Å². The number of hydrogen-bond donors (Lipinski definition) is 0. The van der Waals surface area contributed by atoms with E-state index in [-0.39, 0.29) is 17.2 Å². The number of carbonyl (C=O) groups excluding carboxylic acids is 2. The Kier molecular flexibility index (Phi) is 5.07. The smallest absolute Gasteiger partial charge is 0.465 e. The molecule has 1 heterocycles. The van der Waals surface area contributed by atoms with E-state index in [0.29, 0.717) is 36.2 Å². The van der Waals surface area contributed by atoms with Gasteiger partial charge < -0.3 is 14.4 Å². The van der Waals surface area contributed by atoms with Gasteiger partial charge in [0, 0.05) is 17.8 Å². The van der Waals surface area contributed by atoms with Crippen molar-refractivity contribution in [1.29, 1.82) is 0 Å². The molecule has 5 nitrogen and oxygen atoms in total. The first-order valence-corrected chi connectivity index (χ1v) is 8.17. The first-order valence-electron chi connectivity index (χ1n) is 8.17. The summed E-state index contributed by atoms with van der Waals surface area (Å²) in [4.78, 5) is 26.1. The average molecular weight is 379 g/mol. The van der Waals surface area contributed by atoms with Crippen LogP contribution in [-0.4, -0.2) is 31.9 Å². The normalized spacial score (nSPS) is 13.7. The molecule has 1 aliphatic rings. The molecule has 142 valence electrons. The fourth-order valence-electron chi connectivity index (χ4n) is 3.03. The minimum atomic E-state index is -4.77. The maximum Gasteiger partial charge on any atom is 0.573 e. The molecule has 0 atom stereocenters. The van der Waals surface area contributed by atoms with Crippen LogP contribution in [0.5, 0.6) is 5.75 Å². The van der Waals surface area contributed by atoms with E-state index in [1.54, 1.807) is 12.1 Å². The quantitative estimate of drug-likeness (QED) is 0.758. The number of rotatable bonds is 3. The van der Waals surface area contributed by atoms with Gasteiger partial charge >= 0.3 is 12.3 Å². The molecule has 0 N–H and O–H groups in total. The SMILES string of the molecule is COC(=O)c1cccc(C(=O)N2CCCc3cc(OC(F)(F)F)ccc32)c1. The lowest BCUT2D eigenvalue weighted by Crippen LogP contribution is -2.35. The number of esters is 1. The number of benzene rings is 2. The number of nitrogens with zero attached hydrogens (tertiary/aromatic N) is 1. The molecular formula is C19H16F3NO4. The van der Waals surface area contributed by atoms with Crippen LogP contribution in [0.25, 0.3) is 0 Å². The predicted molar refractivity (Wildman–Crippen MR) is 90.9 cm³/mol. The second-order valence-corrected chi connectivity index (χ2v) is 5.97. The molecule has 0 bridgehead atoms. The number of fused-ring (bicyclic) bond motifs is 1. The van der Waals surface area contributed by atoms with Crippen LogP contribution in [0.4, 0.5) is 18.9 Å².